The molecule has 0 heterocycles. The van der Waals surface area contributed by atoms with Gasteiger partial charge >= 0.3 is 0 Å². The van der Waals surface area contributed by atoms with Crippen LogP contribution in [0.5, 0.6) is 0 Å². The summed E-state index contributed by atoms with van der Waals surface area (Å²) < 4.78 is 0. The second kappa shape index (κ2) is 6.18. The summed E-state index contributed by atoms with van der Waals surface area (Å²) in [6.07, 6.45) is 4.85. The normalized spacial score (nSPS) is 11.5. The standard InChI is InChI=1S/C14H18O/c1-12(7-6-8-13(2)15)11-14-9-4-3-5-10-14/h3-5,9-11H,6-8H2,1-2H3/b12-11+. The van der Waals surface area contributed by atoms with E-state index in [0.29, 0.717) is 6.42 Å². The van der Waals surface area contributed by atoms with Crippen molar-refractivity contribution >= 4 is 11.9 Å². The molecule has 0 aliphatic carbocycles. The van der Waals surface area contributed by atoms with Gasteiger partial charge in [0.05, 0.1) is 0 Å². The predicted octanol–water partition coefficient (Wildman–Crippen LogP) is 3.85. The highest BCUT2D eigenvalue weighted by Gasteiger charge is 1.95. The number of rotatable bonds is 5. The van der Waals surface area contributed by atoms with Crippen molar-refractivity contribution in [3.8, 4) is 0 Å². The van der Waals surface area contributed by atoms with E-state index in [9.17, 15) is 4.79 Å². The third kappa shape index (κ3) is 5.16. The van der Waals surface area contributed by atoms with Crippen LogP contribution in [-0.4, -0.2) is 5.78 Å². The number of carbonyl (C=O) groups is 1. The first-order valence-corrected chi connectivity index (χ1v) is 5.40. The first-order chi connectivity index (χ1) is 7.18. The fourth-order valence-corrected chi connectivity index (χ4v) is 1.52. The summed E-state index contributed by atoms with van der Waals surface area (Å²) in [5.74, 6) is 0.280. The molecular formula is C14H18O. The zero-order chi connectivity index (χ0) is 11.1. The van der Waals surface area contributed by atoms with Crippen molar-refractivity contribution in [2.75, 3.05) is 0 Å². The van der Waals surface area contributed by atoms with E-state index in [0.717, 1.165) is 12.8 Å². The van der Waals surface area contributed by atoms with Gasteiger partial charge in [-0.2, -0.15) is 0 Å². The molecule has 0 bridgehead atoms. The second-order valence-corrected chi connectivity index (χ2v) is 3.96. The van der Waals surface area contributed by atoms with Gasteiger partial charge in [-0.25, -0.2) is 0 Å². The van der Waals surface area contributed by atoms with Crippen LogP contribution in [0.1, 0.15) is 38.7 Å². The number of ketones is 1. The zero-order valence-electron chi connectivity index (χ0n) is 9.49. The molecule has 1 rings (SSSR count). The van der Waals surface area contributed by atoms with Crippen molar-refractivity contribution in [3.63, 3.8) is 0 Å². The Morgan fingerprint density at radius 3 is 2.40 bits per heavy atom. The van der Waals surface area contributed by atoms with Crippen molar-refractivity contribution in [2.45, 2.75) is 33.1 Å². The van der Waals surface area contributed by atoms with E-state index in [2.05, 4.69) is 25.1 Å². The first-order valence-electron chi connectivity index (χ1n) is 5.40. The van der Waals surface area contributed by atoms with Crippen LogP contribution in [0.3, 0.4) is 0 Å². The number of carbonyl (C=O) groups excluding carboxylic acids is 1. The van der Waals surface area contributed by atoms with E-state index < -0.39 is 0 Å². The topological polar surface area (TPSA) is 17.1 Å². The average molecular weight is 202 g/mol. The minimum atomic E-state index is 0.280. The first kappa shape index (κ1) is 11.7. The summed E-state index contributed by atoms with van der Waals surface area (Å²) in [5.41, 5.74) is 2.57. The van der Waals surface area contributed by atoms with E-state index in [4.69, 9.17) is 0 Å². The molecule has 1 nitrogen and oxygen atoms in total. The molecular weight excluding hydrogens is 184 g/mol. The molecule has 0 N–H and O–H groups in total. The number of hydrogen-bond acceptors (Lipinski definition) is 1. The van der Waals surface area contributed by atoms with Crippen LogP contribution in [0.25, 0.3) is 6.08 Å². The van der Waals surface area contributed by atoms with Crippen molar-refractivity contribution < 1.29 is 4.79 Å². The lowest BCUT2D eigenvalue weighted by atomic mass is 10.1. The van der Waals surface area contributed by atoms with Gasteiger partial charge in [-0.05, 0) is 32.3 Å². The average Bonchev–Trinajstić information content (AvgIpc) is 2.18. The molecule has 0 atom stereocenters. The van der Waals surface area contributed by atoms with E-state index in [1.807, 2.05) is 18.2 Å². The summed E-state index contributed by atoms with van der Waals surface area (Å²) >= 11 is 0. The Kier molecular flexibility index (Phi) is 4.82. The maximum atomic E-state index is 10.8. The Labute approximate surface area is 91.8 Å². The van der Waals surface area contributed by atoms with E-state index in [1.165, 1.54) is 11.1 Å². The van der Waals surface area contributed by atoms with E-state index in [-0.39, 0.29) is 5.78 Å². The Bertz CT molecular complexity index is 336. The van der Waals surface area contributed by atoms with Gasteiger partial charge in [0, 0.05) is 6.42 Å². The van der Waals surface area contributed by atoms with Gasteiger partial charge in [0.15, 0.2) is 0 Å². The van der Waals surface area contributed by atoms with Gasteiger partial charge < -0.3 is 4.79 Å². The van der Waals surface area contributed by atoms with Crippen molar-refractivity contribution in [3.05, 3.63) is 41.5 Å². The molecule has 0 spiro atoms. The van der Waals surface area contributed by atoms with Crippen molar-refractivity contribution in [1.82, 2.24) is 0 Å². The van der Waals surface area contributed by atoms with Crippen LogP contribution in [0.4, 0.5) is 0 Å². The molecule has 0 fully saturated rings. The number of allylic oxidation sites excluding steroid dienone is 1. The minimum absolute atomic E-state index is 0.280. The molecule has 0 aromatic heterocycles. The Balaban J connectivity index is 2.43. The van der Waals surface area contributed by atoms with Crippen LogP contribution >= 0.6 is 0 Å². The third-order valence-electron chi connectivity index (χ3n) is 2.31. The maximum absolute atomic E-state index is 10.8. The van der Waals surface area contributed by atoms with E-state index >= 15 is 0 Å². The summed E-state index contributed by atoms with van der Waals surface area (Å²) in [4.78, 5) is 10.8. The third-order valence-corrected chi connectivity index (χ3v) is 2.31. The molecule has 80 valence electrons. The highest BCUT2D eigenvalue weighted by Crippen LogP contribution is 2.12. The smallest absolute Gasteiger partial charge is 0.129 e. The fourth-order valence-electron chi connectivity index (χ4n) is 1.52. The molecule has 0 amide bonds. The molecule has 1 aromatic rings. The van der Waals surface area contributed by atoms with Crippen molar-refractivity contribution in [1.29, 1.82) is 0 Å². The second-order valence-electron chi connectivity index (χ2n) is 3.96. The summed E-state index contributed by atoms with van der Waals surface area (Å²) in [7, 11) is 0. The number of benzene rings is 1. The van der Waals surface area contributed by atoms with Gasteiger partial charge in [-0.1, -0.05) is 42.0 Å². The number of Topliss-reactive ketones (excluding diaryl/α,β-unsaturated/α-hetero) is 1. The fraction of sp³-hybridized carbons (Fsp3) is 0.357. The highest BCUT2D eigenvalue weighted by molar-refractivity contribution is 5.75. The molecule has 0 unspecified atom stereocenters. The van der Waals surface area contributed by atoms with Gasteiger partial charge in [-0.3, -0.25) is 0 Å². The van der Waals surface area contributed by atoms with Crippen LogP contribution in [0.2, 0.25) is 0 Å². The van der Waals surface area contributed by atoms with Crippen LogP contribution in [-0.2, 0) is 4.79 Å². The van der Waals surface area contributed by atoms with Gasteiger partial charge in [0.1, 0.15) is 5.78 Å². The van der Waals surface area contributed by atoms with Gasteiger partial charge in [0.2, 0.25) is 0 Å². The number of hydrogen-bond donors (Lipinski definition) is 0. The Hall–Kier alpha value is -1.37. The molecule has 0 radical (unpaired) electrons. The molecule has 1 heteroatoms. The Morgan fingerprint density at radius 1 is 1.13 bits per heavy atom. The zero-order valence-corrected chi connectivity index (χ0v) is 9.49. The molecule has 1 aromatic carbocycles. The summed E-state index contributed by atoms with van der Waals surface area (Å²) in [5, 5.41) is 0. The summed E-state index contributed by atoms with van der Waals surface area (Å²) in [6, 6.07) is 10.3. The molecule has 0 saturated heterocycles. The van der Waals surface area contributed by atoms with Crippen LogP contribution in [0, 0.1) is 0 Å². The van der Waals surface area contributed by atoms with Gasteiger partial charge in [0.25, 0.3) is 0 Å². The summed E-state index contributed by atoms with van der Waals surface area (Å²) in [6.45, 7) is 3.77. The van der Waals surface area contributed by atoms with Crippen LogP contribution in [0.15, 0.2) is 35.9 Å². The maximum Gasteiger partial charge on any atom is 0.129 e. The molecule has 0 saturated carbocycles. The lowest BCUT2D eigenvalue weighted by molar-refractivity contribution is -0.117. The quantitative estimate of drug-likeness (QED) is 0.708. The minimum Gasteiger partial charge on any atom is -0.300 e. The SMILES string of the molecule is CC(=O)CCC/C(C)=C/c1ccccc1. The van der Waals surface area contributed by atoms with E-state index in [1.54, 1.807) is 6.92 Å². The largest absolute Gasteiger partial charge is 0.300 e. The van der Waals surface area contributed by atoms with Crippen LogP contribution < -0.4 is 0 Å². The molecule has 15 heavy (non-hydrogen) atoms. The van der Waals surface area contributed by atoms with Crippen molar-refractivity contribution in [2.24, 2.45) is 0 Å². The molecule has 0 aliphatic rings. The molecule has 0 aliphatic heterocycles. The highest BCUT2D eigenvalue weighted by atomic mass is 16.1. The Morgan fingerprint density at radius 2 is 1.80 bits per heavy atom. The predicted molar refractivity (Wildman–Crippen MR) is 64.6 cm³/mol. The monoisotopic (exact) mass is 202 g/mol. The lowest BCUT2D eigenvalue weighted by Gasteiger charge is -2.00. The lowest BCUT2D eigenvalue weighted by Crippen LogP contribution is -1.89. The van der Waals surface area contributed by atoms with Gasteiger partial charge in [-0.15, -0.1) is 0 Å².